The molecule has 8 heteroatoms. The van der Waals surface area contributed by atoms with Crippen LogP contribution in [0.25, 0.3) is 0 Å². The number of ether oxygens (including phenoxy) is 1. The van der Waals surface area contributed by atoms with E-state index in [0.29, 0.717) is 5.56 Å². The van der Waals surface area contributed by atoms with Crippen molar-refractivity contribution < 1.29 is 31.4 Å². The minimum Gasteiger partial charge on any atom is -0.465 e. The molecule has 1 heterocycles. The van der Waals surface area contributed by atoms with Crippen LogP contribution < -0.4 is 4.57 Å². The molecule has 0 N–H and O–H groups in total. The molecule has 0 aliphatic carbocycles. The number of methoxy groups -OCH3 is 1. The summed E-state index contributed by atoms with van der Waals surface area (Å²) in [5, 5.41) is 0. The number of esters is 1. The standard InChI is InChI=1S/C8H10NO2.BF4/c1-9-5-3-7(4-6-9)8(10)11-2;2-1(3,4)5/h3-6H,1-2H3;/q+1;-1. The van der Waals surface area contributed by atoms with Crippen LogP contribution in [0.1, 0.15) is 10.4 Å². The van der Waals surface area contributed by atoms with Crippen LogP contribution in [0, 0.1) is 0 Å². The fraction of sp³-hybridized carbons (Fsp3) is 0.250. The van der Waals surface area contributed by atoms with E-state index in [1.807, 2.05) is 11.6 Å². The zero-order valence-electron chi connectivity index (χ0n) is 8.66. The maximum absolute atomic E-state index is 10.9. The molecule has 1 aromatic rings. The molecule has 0 aromatic carbocycles. The van der Waals surface area contributed by atoms with E-state index in [9.17, 15) is 22.1 Å². The van der Waals surface area contributed by atoms with E-state index in [4.69, 9.17) is 0 Å². The van der Waals surface area contributed by atoms with Crippen molar-refractivity contribution in [2.24, 2.45) is 7.05 Å². The molecule has 0 unspecified atom stereocenters. The Kier molecular flexibility index (Phi) is 5.48. The van der Waals surface area contributed by atoms with E-state index in [1.54, 1.807) is 24.5 Å². The molecule has 0 spiro atoms. The van der Waals surface area contributed by atoms with Crippen LogP contribution >= 0.6 is 0 Å². The summed E-state index contributed by atoms with van der Waals surface area (Å²) >= 11 is 0. The first-order valence-corrected chi connectivity index (χ1v) is 4.15. The van der Waals surface area contributed by atoms with Crippen LogP contribution in [0.15, 0.2) is 24.5 Å². The van der Waals surface area contributed by atoms with Gasteiger partial charge in [-0.15, -0.1) is 0 Å². The van der Waals surface area contributed by atoms with Crippen LogP contribution in [0.2, 0.25) is 0 Å². The Morgan fingerprint density at radius 2 is 1.62 bits per heavy atom. The Labute approximate surface area is 89.8 Å². The van der Waals surface area contributed by atoms with Gasteiger partial charge in [0.25, 0.3) is 0 Å². The maximum Gasteiger partial charge on any atom is 0.673 e. The molecule has 90 valence electrons. The molecule has 0 aliphatic heterocycles. The van der Waals surface area contributed by atoms with Gasteiger partial charge < -0.3 is 22.0 Å². The summed E-state index contributed by atoms with van der Waals surface area (Å²) in [5.74, 6) is -0.300. The van der Waals surface area contributed by atoms with Crippen molar-refractivity contribution in [3.05, 3.63) is 30.1 Å². The molecule has 1 rings (SSSR count). The molecule has 0 atom stereocenters. The Morgan fingerprint density at radius 3 is 1.94 bits per heavy atom. The lowest BCUT2D eigenvalue weighted by Crippen LogP contribution is -2.26. The number of aryl methyl sites for hydroxylation is 1. The van der Waals surface area contributed by atoms with Crippen LogP contribution in [0.3, 0.4) is 0 Å². The minimum absolute atomic E-state index is 0.300. The van der Waals surface area contributed by atoms with E-state index >= 15 is 0 Å². The molecule has 0 aliphatic rings. The Hall–Kier alpha value is -1.60. The van der Waals surface area contributed by atoms with Gasteiger partial charge in [0.05, 0.1) is 12.7 Å². The third kappa shape index (κ3) is 7.78. The summed E-state index contributed by atoms with van der Waals surface area (Å²) in [4.78, 5) is 10.9. The van der Waals surface area contributed by atoms with E-state index in [0.717, 1.165) is 0 Å². The Bertz CT molecular complexity index is 333. The number of aromatic nitrogens is 1. The van der Waals surface area contributed by atoms with Crippen molar-refractivity contribution in [3.8, 4) is 0 Å². The summed E-state index contributed by atoms with van der Waals surface area (Å²) in [6.45, 7) is 0. The van der Waals surface area contributed by atoms with Crippen LogP contribution in [0.4, 0.5) is 17.3 Å². The van der Waals surface area contributed by atoms with Gasteiger partial charge in [0, 0.05) is 12.1 Å². The minimum atomic E-state index is -6.00. The smallest absolute Gasteiger partial charge is 0.465 e. The summed E-state index contributed by atoms with van der Waals surface area (Å²) in [7, 11) is -2.74. The summed E-state index contributed by atoms with van der Waals surface area (Å²) in [5.41, 5.74) is 0.575. The predicted octanol–water partition coefficient (Wildman–Crippen LogP) is 1.60. The molecule has 0 radical (unpaired) electrons. The van der Waals surface area contributed by atoms with Gasteiger partial charge in [-0.05, 0) is 0 Å². The highest BCUT2D eigenvalue weighted by Gasteiger charge is 2.20. The first kappa shape index (κ1) is 14.4. The van der Waals surface area contributed by atoms with Crippen molar-refractivity contribution in [2.75, 3.05) is 7.11 Å². The maximum atomic E-state index is 10.9. The number of carbonyl (C=O) groups is 1. The Morgan fingerprint density at radius 1 is 1.25 bits per heavy atom. The fourth-order valence-corrected chi connectivity index (χ4v) is 0.755. The van der Waals surface area contributed by atoms with Gasteiger partial charge in [-0.25, -0.2) is 9.36 Å². The highest BCUT2D eigenvalue weighted by Crippen LogP contribution is 2.06. The van der Waals surface area contributed by atoms with Crippen LogP contribution in [0.5, 0.6) is 0 Å². The third-order valence-electron chi connectivity index (χ3n) is 1.40. The summed E-state index contributed by atoms with van der Waals surface area (Å²) in [6, 6.07) is 3.43. The van der Waals surface area contributed by atoms with Crippen molar-refractivity contribution in [1.82, 2.24) is 0 Å². The van der Waals surface area contributed by atoms with E-state index in [2.05, 4.69) is 4.74 Å². The zero-order chi connectivity index (χ0) is 12.8. The number of hydrogen-bond donors (Lipinski definition) is 0. The quantitative estimate of drug-likeness (QED) is 0.322. The highest BCUT2D eigenvalue weighted by molar-refractivity contribution is 6.50. The van der Waals surface area contributed by atoms with E-state index in [-0.39, 0.29) is 5.97 Å². The normalized spacial score (nSPS) is 10.1. The zero-order valence-corrected chi connectivity index (χ0v) is 8.66. The van der Waals surface area contributed by atoms with Gasteiger partial charge in [-0.2, -0.15) is 0 Å². The average Bonchev–Trinajstić information content (AvgIpc) is 2.15. The van der Waals surface area contributed by atoms with Gasteiger partial charge in [-0.1, -0.05) is 0 Å². The van der Waals surface area contributed by atoms with Crippen molar-refractivity contribution in [3.63, 3.8) is 0 Å². The second-order valence-electron chi connectivity index (χ2n) is 2.74. The van der Waals surface area contributed by atoms with Gasteiger partial charge in [0.15, 0.2) is 12.4 Å². The molecule has 0 saturated heterocycles. The number of pyridine rings is 1. The number of nitrogens with zero attached hydrogens (tertiary/aromatic N) is 1. The number of halogens is 4. The molecule has 0 bridgehead atoms. The number of carbonyl (C=O) groups excluding carboxylic acids is 1. The highest BCUT2D eigenvalue weighted by atomic mass is 19.5. The lowest BCUT2D eigenvalue weighted by molar-refractivity contribution is -0.671. The number of rotatable bonds is 1. The summed E-state index contributed by atoms with van der Waals surface area (Å²) < 4.78 is 45.4. The van der Waals surface area contributed by atoms with E-state index < -0.39 is 7.25 Å². The first-order chi connectivity index (χ1) is 7.24. The van der Waals surface area contributed by atoms with Gasteiger partial charge in [-0.3, -0.25) is 0 Å². The van der Waals surface area contributed by atoms with Crippen molar-refractivity contribution in [1.29, 1.82) is 0 Å². The van der Waals surface area contributed by atoms with E-state index in [1.165, 1.54) is 7.11 Å². The van der Waals surface area contributed by atoms with Gasteiger partial charge in [0.1, 0.15) is 7.05 Å². The Balaban J connectivity index is 0.000000385. The molecule has 16 heavy (non-hydrogen) atoms. The average molecular weight is 239 g/mol. The monoisotopic (exact) mass is 239 g/mol. The van der Waals surface area contributed by atoms with Crippen molar-refractivity contribution >= 4 is 13.2 Å². The second-order valence-corrected chi connectivity index (χ2v) is 2.74. The topological polar surface area (TPSA) is 30.2 Å². The third-order valence-corrected chi connectivity index (χ3v) is 1.40. The molecule has 1 aromatic heterocycles. The summed E-state index contributed by atoms with van der Waals surface area (Å²) in [6.07, 6.45) is 3.60. The number of hydrogen-bond acceptors (Lipinski definition) is 2. The fourth-order valence-electron chi connectivity index (χ4n) is 0.755. The largest absolute Gasteiger partial charge is 0.673 e. The van der Waals surface area contributed by atoms with Crippen LogP contribution in [-0.2, 0) is 11.8 Å². The molecule has 0 saturated carbocycles. The lowest BCUT2D eigenvalue weighted by atomic mass is 10.3. The first-order valence-electron chi connectivity index (χ1n) is 4.15. The SMILES string of the molecule is COC(=O)c1cc[n+](C)cc1.F[B-](F)(F)F. The molecular formula is C8H10BF4NO2. The molecule has 3 nitrogen and oxygen atoms in total. The predicted molar refractivity (Wildman–Crippen MR) is 49.1 cm³/mol. The van der Waals surface area contributed by atoms with Gasteiger partial charge in [0.2, 0.25) is 0 Å². The second kappa shape index (κ2) is 6.09. The van der Waals surface area contributed by atoms with Crippen molar-refractivity contribution in [2.45, 2.75) is 0 Å². The molecule has 0 fully saturated rings. The molecule has 0 amide bonds. The lowest BCUT2D eigenvalue weighted by Gasteiger charge is -1.95. The van der Waals surface area contributed by atoms with Crippen LogP contribution in [-0.4, -0.2) is 20.3 Å². The van der Waals surface area contributed by atoms with Gasteiger partial charge >= 0.3 is 13.2 Å². The molecular weight excluding hydrogens is 229 g/mol.